The smallest absolute Gasteiger partial charge is 0.120 e. The van der Waals surface area contributed by atoms with Crippen molar-refractivity contribution in [2.75, 3.05) is 25.6 Å². The van der Waals surface area contributed by atoms with Crippen LogP contribution in [0.15, 0.2) is 18.2 Å². The van der Waals surface area contributed by atoms with Crippen molar-refractivity contribution in [3.63, 3.8) is 0 Å². The Labute approximate surface area is 97.2 Å². The predicted molar refractivity (Wildman–Crippen MR) is 67.2 cm³/mol. The normalized spacial score (nSPS) is 19.4. The Bertz CT molecular complexity index is 365. The van der Waals surface area contributed by atoms with E-state index in [1.54, 1.807) is 7.11 Å². The van der Waals surface area contributed by atoms with Gasteiger partial charge in [0, 0.05) is 24.8 Å². The summed E-state index contributed by atoms with van der Waals surface area (Å²) in [7, 11) is 3.86. The standard InChI is InChI=1S/C13H20N2O/c1-15-11(7-8-14)5-3-10-4-6-12(16-2)9-13(10)15/h4,6,9,11H,3,5,7-8,14H2,1-2H3. The summed E-state index contributed by atoms with van der Waals surface area (Å²) in [5.41, 5.74) is 8.36. The number of rotatable bonds is 3. The summed E-state index contributed by atoms with van der Waals surface area (Å²) in [6.07, 6.45) is 3.41. The monoisotopic (exact) mass is 220 g/mol. The number of anilines is 1. The number of benzene rings is 1. The van der Waals surface area contributed by atoms with E-state index in [9.17, 15) is 0 Å². The molecular formula is C13H20N2O. The molecule has 1 heterocycles. The molecule has 1 aliphatic rings. The van der Waals surface area contributed by atoms with Gasteiger partial charge >= 0.3 is 0 Å². The molecule has 2 rings (SSSR count). The molecule has 1 aromatic carbocycles. The van der Waals surface area contributed by atoms with Gasteiger partial charge in [0.05, 0.1) is 7.11 Å². The lowest BCUT2D eigenvalue weighted by Gasteiger charge is -2.36. The lowest BCUT2D eigenvalue weighted by atomic mass is 9.94. The van der Waals surface area contributed by atoms with E-state index in [-0.39, 0.29) is 0 Å². The van der Waals surface area contributed by atoms with Crippen molar-refractivity contribution < 1.29 is 4.74 Å². The maximum atomic E-state index is 5.65. The van der Waals surface area contributed by atoms with Gasteiger partial charge in [0.15, 0.2) is 0 Å². The molecule has 2 N–H and O–H groups in total. The average molecular weight is 220 g/mol. The summed E-state index contributed by atoms with van der Waals surface area (Å²) in [6.45, 7) is 0.758. The van der Waals surface area contributed by atoms with Gasteiger partial charge < -0.3 is 15.4 Å². The van der Waals surface area contributed by atoms with Crippen LogP contribution in [0.5, 0.6) is 5.75 Å². The number of aryl methyl sites for hydroxylation is 1. The van der Waals surface area contributed by atoms with E-state index >= 15 is 0 Å². The summed E-state index contributed by atoms with van der Waals surface area (Å²) in [6, 6.07) is 6.90. The molecule has 88 valence electrons. The molecule has 0 spiro atoms. The Hall–Kier alpha value is -1.22. The van der Waals surface area contributed by atoms with Crippen LogP contribution in [0.1, 0.15) is 18.4 Å². The number of hydrogen-bond donors (Lipinski definition) is 1. The second-order valence-corrected chi connectivity index (χ2v) is 4.38. The molecular weight excluding hydrogens is 200 g/mol. The van der Waals surface area contributed by atoms with Crippen molar-refractivity contribution in [1.82, 2.24) is 0 Å². The Morgan fingerprint density at radius 1 is 1.50 bits per heavy atom. The van der Waals surface area contributed by atoms with Crippen molar-refractivity contribution in [1.29, 1.82) is 0 Å². The van der Waals surface area contributed by atoms with E-state index in [4.69, 9.17) is 10.5 Å². The summed E-state index contributed by atoms with van der Waals surface area (Å²) >= 11 is 0. The van der Waals surface area contributed by atoms with Crippen LogP contribution in [0.3, 0.4) is 0 Å². The van der Waals surface area contributed by atoms with E-state index in [0.717, 1.165) is 25.1 Å². The minimum atomic E-state index is 0.574. The molecule has 3 nitrogen and oxygen atoms in total. The van der Waals surface area contributed by atoms with Crippen LogP contribution in [0.2, 0.25) is 0 Å². The SMILES string of the molecule is COc1ccc2c(c1)N(C)C(CCN)CC2. The third-order valence-corrected chi connectivity index (χ3v) is 3.47. The van der Waals surface area contributed by atoms with Crippen LogP contribution in [-0.4, -0.2) is 26.7 Å². The highest BCUT2D eigenvalue weighted by molar-refractivity contribution is 5.59. The zero-order valence-electron chi connectivity index (χ0n) is 10.1. The molecule has 16 heavy (non-hydrogen) atoms. The fraction of sp³-hybridized carbons (Fsp3) is 0.538. The number of fused-ring (bicyclic) bond motifs is 1. The van der Waals surface area contributed by atoms with Gasteiger partial charge in [0.1, 0.15) is 5.75 Å². The lowest BCUT2D eigenvalue weighted by Crippen LogP contribution is -2.37. The summed E-state index contributed by atoms with van der Waals surface area (Å²) in [4.78, 5) is 2.34. The number of nitrogens with zero attached hydrogens (tertiary/aromatic N) is 1. The first-order valence-corrected chi connectivity index (χ1v) is 5.86. The Balaban J connectivity index is 2.27. The number of nitrogens with two attached hydrogens (primary N) is 1. The second kappa shape index (κ2) is 4.74. The molecule has 1 unspecified atom stereocenters. The van der Waals surface area contributed by atoms with Crippen LogP contribution in [-0.2, 0) is 6.42 Å². The fourth-order valence-corrected chi connectivity index (χ4v) is 2.45. The molecule has 0 saturated carbocycles. The van der Waals surface area contributed by atoms with Crippen LogP contribution in [0.25, 0.3) is 0 Å². The largest absolute Gasteiger partial charge is 0.497 e. The van der Waals surface area contributed by atoms with Gasteiger partial charge in [-0.1, -0.05) is 6.07 Å². The van der Waals surface area contributed by atoms with Crippen molar-refractivity contribution in [3.05, 3.63) is 23.8 Å². The topological polar surface area (TPSA) is 38.5 Å². The highest BCUT2D eigenvalue weighted by Gasteiger charge is 2.22. The third kappa shape index (κ3) is 2.00. The number of hydrogen-bond acceptors (Lipinski definition) is 3. The van der Waals surface area contributed by atoms with Gasteiger partial charge in [-0.15, -0.1) is 0 Å². The van der Waals surface area contributed by atoms with Crippen LogP contribution >= 0.6 is 0 Å². The van der Waals surface area contributed by atoms with Gasteiger partial charge in [-0.2, -0.15) is 0 Å². The zero-order chi connectivity index (χ0) is 11.5. The zero-order valence-corrected chi connectivity index (χ0v) is 10.1. The van der Waals surface area contributed by atoms with Gasteiger partial charge in [0.2, 0.25) is 0 Å². The second-order valence-electron chi connectivity index (χ2n) is 4.38. The van der Waals surface area contributed by atoms with Crippen molar-refractivity contribution in [2.45, 2.75) is 25.3 Å². The first-order valence-electron chi connectivity index (χ1n) is 5.86. The Kier molecular flexibility index (Phi) is 3.34. The summed E-state index contributed by atoms with van der Waals surface area (Å²) in [5, 5.41) is 0. The number of ether oxygens (including phenoxy) is 1. The van der Waals surface area contributed by atoms with Gasteiger partial charge in [-0.25, -0.2) is 0 Å². The summed E-state index contributed by atoms with van der Waals surface area (Å²) < 4.78 is 5.27. The van der Waals surface area contributed by atoms with Crippen molar-refractivity contribution in [2.24, 2.45) is 5.73 Å². The molecule has 0 saturated heterocycles. The van der Waals surface area contributed by atoms with E-state index < -0.39 is 0 Å². The highest BCUT2D eigenvalue weighted by atomic mass is 16.5. The quantitative estimate of drug-likeness (QED) is 0.844. The molecule has 0 fully saturated rings. The van der Waals surface area contributed by atoms with E-state index in [1.165, 1.54) is 17.7 Å². The molecule has 1 atom stereocenters. The summed E-state index contributed by atoms with van der Waals surface area (Å²) in [5.74, 6) is 0.930. The van der Waals surface area contributed by atoms with E-state index in [1.807, 2.05) is 6.07 Å². The van der Waals surface area contributed by atoms with Gasteiger partial charge in [0.25, 0.3) is 0 Å². The third-order valence-electron chi connectivity index (χ3n) is 3.47. The molecule has 0 amide bonds. The Morgan fingerprint density at radius 2 is 2.31 bits per heavy atom. The molecule has 1 aromatic rings. The first kappa shape index (κ1) is 11.3. The Morgan fingerprint density at radius 3 is 3.00 bits per heavy atom. The maximum absolute atomic E-state index is 5.65. The maximum Gasteiger partial charge on any atom is 0.120 e. The van der Waals surface area contributed by atoms with Crippen LogP contribution in [0.4, 0.5) is 5.69 Å². The molecule has 0 aromatic heterocycles. The molecule has 0 aliphatic carbocycles. The first-order chi connectivity index (χ1) is 7.76. The predicted octanol–water partition coefficient (Wildman–Crippen LogP) is 1.80. The highest BCUT2D eigenvalue weighted by Crippen LogP contribution is 2.33. The minimum Gasteiger partial charge on any atom is -0.497 e. The average Bonchev–Trinajstić information content (AvgIpc) is 2.33. The van der Waals surface area contributed by atoms with Crippen molar-refractivity contribution in [3.8, 4) is 5.75 Å². The van der Waals surface area contributed by atoms with Crippen LogP contribution in [0, 0.1) is 0 Å². The molecule has 3 heteroatoms. The van der Waals surface area contributed by atoms with Crippen molar-refractivity contribution >= 4 is 5.69 Å². The molecule has 1 aliphatic heterocycles. The molecule has 0 radical (unpaired) electrons. The van der Waals surface area contributed by atoms with E-state index in [2.05, 4.69) is 24.1 Å². The fourth-order valence-electron chi connectivity index (χ4n) is 2.45. The minimum absolute atomic E-state index is 0.574. The van der Waals surface area contributed by atoms with Gasteiger partial charge in [-0.3, -0.25) is 0 Å². The lowest BCUT2D eigenvalue weighted by molar-refractivity contribution is 0.413. The van der Waals surface area contributed by atoms with E-state index in [0.29, 0.717) is 6.04 Å². The molecule has 0 bridgehead atoms. The van der Waals surface area contributed by atoms with Gasteiger partial charge in [-0.05, 0) is 37.4 Å². The van der Waals surface area contributed by atoms with Crippen LogP contribution < -0.4 is 15.4 Å². The number of methoxy groups -OCH3 is 1.